The van der Waals surface area contributed by atoms with Crippen molar-refractivity contribution in [2.24, 2.45) is 5.92 Å². The molecule has 0 saturated carbocycles. The second-order valence-corrected chi connectivity index (χ2v) is 11.5. The van der Waals surface area contributed by atoms with Gasteiger partial charge in [-0.1, -0.05) is 86.6 Å². The number of Topliss-reactive ketones (excluding diaryl/α,β-unsaturated/α-hetero) is 1. The fraction of sp³-hybridized carbons (Fsp3) is 0.371. The number of rotatable bonds is 14. The summed E-state index contributed by atoms with van der Waals surface area (Å²) in [4.78, 5) is 53.1. The van der Waals surface area contributed by atoms with Gasteiger partial charge in [-0.15, -0.1) is 0 Å². The van der Waals surface area contributed by atoms with Gasteiger partial charge in [-0.25, -0.2) is 4.79 Å². The Hall–Kier alpha value is -4.84. The fourth-order valence-electron chi connectivity index (χ4n) is 4.89. The third kappa shape index (κ3) is 10.1. The van der Waals surface area contributed by atoms with Crippen LogP contribution in [0.4, 0.5) is 13.6 Å². The summed E-state index contributed by atoms with van der Waals surface area (Å²) in [5.74, 6) is -8.73. The van der Waals surface area contributed by atoms with Gasteiger partial charge in [0.05, 0.1) is 19.3 Å². The van der Waals surface area contributed by atoms with E-state index in [1.807, 2.05) is 36.4 Å². The molecule has 3 amide bonds. The molecule has 2 N–H and O–H groups in total. The number of nitrogens with zero attached hydrogens (tertiary/aromatic N) is 1. The number of halogens is 2. The minimum Gasteiger partial charge on any atom is -0.489 e. The predicted molar refractivity (Wildman–Crippen MR) is 169 cm³/mol. The molecule has 47 heavy (non-hydrogen) atoms. The third-order valence-electron chi connectivity index (χ3n) is 7.56. The van der Waals surface area contributed by atoms with E-state index in [0.29, 0.717) is 17.9 Å². The van der Waals surface area contributed by atoms with E-state index in [1.165, 1.54) is 0 Å². The van der Waals surface area contributed by atoms with Crippen LogP contribution in [0.5, 0.6) is 5.75 Å². The van der Waals surface area contributed by atoms with Gasteiger partial charge < -0.3 is 29.7 Å². The van der Waals surface area contributed by atoms with Crippen LogP contribution in [0.3, 0.4) is 0 Å². The van der Waals surface area contributed by atoms with Crippen LogP contribution in [0.25, 0.3) is 0 Å². The second-order valence-electron chi connectivity index (χ2n) is 11.5. The summed E-state index contributed by atoms with van der Waals surface area (Å²) in [5.41, 5.74) is 2.11. The highest BCUT2D eigenvalue weighted by atomic mass is 19.3. The van der Waals surface area contributed by atoms with E-state index in [9.17, 15) is 19.2 Å². The zero-order valence-electron chi connectivity index (χ0n) is 26.3. The maximum atomic E-state index is 15.5. The smallest absolute Gasteiger partial charge is 0.408 e. The Balaban J connectivity index is 1.49. The summed E-state index contributed by atoms with van der Waals surface area (Å²) >= 11 is 0. The van der Waals surface area contributed by atoms with Crippen LogP contribution in [0.1, 0.15) is 30.5 Å². The van der Waals surface area contributed by atoms with Gasteiger partial charge >= 0.3 is 17.9 Å². The number of nitrogens with one attached hydrogen (secondary N) is 2. The summed E-state index contributed by atoms with van der Waals surface area (Å²) < 4.78 is 47.2. The molecule has 10 nitrogen and oxygen atoms in total. The number of benzene rings is 3. The first-order valence-electron chi connectivity index (χ1n) is 15.4. The first-order chi connectivity index (χ1) is 22.5. The average Bonchev–Trinajstić information content (AvgIpc) is 3.09. The van der Waals surface area contributed by atoms with E-state index in [4.69, 9.17) is 14.2 Å². The van der Waals surface area contributed by atoms with Gasteiger partial charge in [0.25, 0.3) is 0 Å². The molecule has 1 aliphatic heterocycles. The van der Waals surface area contributed by atoms with Gasteiger partial charge in [0.1, 0.15) is 25.0 Å². The van der Waals surface area contributed by atoms with Crippen LogP contribution < -0.4 is 15.4 Å². The average molecular weight is 652 g/mol. The van der Waals surface area contributed by atoms with Crippen LogP contribution in [-0.2, 0) is 43.5 Å². The summed E-state index contributed by atoms with van der Waals surface area (Å²) in [6, 6.07) is 21.8. The number of ketones is 1. The van der Waals surface area contributed by atoms with Gasteiger partial charge in [0.15, 0.2) is 0 Å². The topological polar surface area (TPSA) is 123 Å². The SMILES string of the molecule is CC(C)[C@H](NC(=O)OCc1ccccc1)C(=O)NC(Cc1ccc(OCc2ccccc2)cc1)C(=O)C(F)(F)C(=O)N1CCOCC1. The Labute approximate surface area is 272 Å². The Morgan fingerprint density at radius 1 is 0.809 bits per heavy atom. The Morgan fingerprint density at radius 3 is 1.96 bits per heavy atom. The van der Waals surface area contributed by atoms with Crippen molar-refractivity contribution in [2.75, 3.05) is 26.3 Å². The molecular formula is C35H39F2N3O7. The molecule has 1 aliphatic rings. The largest absolute Gasteiger partial charge is 0.489 e. The predicted octanol–water partition coefficient (Wildman–Crippen LogP) is 4.31. The number of carbonyl (C=O) groups excluding carboxylic acids is 4. The molecule has 3 aromatic carbocycles. The van der Waals surface area contributed by atoms with Gasteiger partial charge in [-0.3, -0.25) is 14.4 Å². The number of hydrogen-bond acceptors (Lipinski definition) is 7. The van der Waals surface area contributed by atoms with Crippen molar-refractivity contribution in [3.8, 4) is 5.75 Å². The first-order valence-corrected chi connectivity index (χ1v) is 15.4. The summed E-state index contributed by atoms with van der Waals surface area (Å²) in [7, 11) is 0. The van der Waals surface area contributed by atoms with Crippen LogP contribution in [-0.4, -0.2) is 72.9 Å². The van der Waals surface area contributed by atoms with Crippen LogP contribution in [0, 0.1) is 5.92 Å². The van der Waals surface area contributed by atoms with Gasteiger partial charge in [-0.05, 0) is 34.7 Å². The first kappa shape index (κ1) is 35.0. The zero-order valence-corrected chi connectivity index (χ0v) is 26.3. The van der Waals surface area contributed by atoms with Crippen molar-refractivity contribution in [1.29, 1.82) is 0 Å². The monoisotopic (exact) mass is 651 g/mol. The van der Waals surface area contributed by atoms with Crippen molar-refractivity contribution >= 4 is 23.7 Å². The Morgan fingerprint density at radius 2 is 1.38 bits per heavy atom. The van der Waals surface area contributed by atoms with E-state index >= 15 is 8.78 Å². The molecule has 0 aliphatic carbocycles. The molecule has 1 heterocycles. The number of amides is 3. The maximum absolute atomic E-state index is 15.5. The van der Waals surface area contributed by atoms with Gasteiger partial charge in [0.2, 0.25) is 11.7 Å². The maximum Gasteiger partial charge on any atom is 0.408 e. The Kier molecular flexibility index (Phi) is 12.4. The lowest BCUT2D eigenvalue weighted by atomic mass is 9.96. The van der Waals surface area contributed by atoms with Crippen molar-refractivity contribution < 1.29 is 42.2 Å². The van der Waals surface area contributed by atoms with Crippen molar-refractivity contribution in [3.63, 3.8) is 0 Å². The fourth-order valence-corrected chi connectivity index (χ4v) is 4.89. The molecule has 1 saturated heterocycles. The normalized spacial score (nSPS) is 14.5. The minimum atomic E-state index is -4.43. The Bertz CT molecular complexity index is 1480. The molecule has 1 fully saturated rings. The summed E-state index contributed by atoms with van der Waals surface area (Å²) in [6.07, 6.45) is -1.25. The standard InChI is InChI=1S/C35H39F2N3O7/c1-24(2)30(39-34(44)47-23-27-11-7-4-8-12-27)32(42)38-29(31(41)35(36,37)33(43)40-17-19-45-20-18-40)21-25-13-15-28(16-14-25)46-22-26-9-5-3-6-10-26/h3-16,24,29-30H,17-23H2,1-2H3,(H,38,42)(H,39,44)/t29?,30-/m0/s1. The van der Waals surface area contributed by atoms with E-state index in [1.54, 1.807) is 62.4 Å². The van der Waals surface area contributed by atoms with Crippen molar-refractivity contribution in [1.82, 2.24) is 15.5 Å². The number of ether oxygens (including phenoxy) is 3. The van der Waals surface area contributed by atoms with Gasteiger partial charge in [0, 0.05) is 19.5 Å². The lowest BCUT2D eigenvalue weighted by Gasteiger charge is -2.31. The molecular weight excluding hydrogens is 612 g/mol. The molecule has 0 bridgehead atoms. The van der Waals surface area contributed by atoms with E-state index in [-0.39, 0.29) is 39.3 Å². The van der Waals surface area contributed by atoms with Gasteiger partial charge in [-0.2, -0.15) is 8.78 Å². The quantitative estimate of drug-likeness (QED) is 0.249. The van der Waals surface area contributed by atoms with E-state index in [2.05, 4.69) is 10.6 Å². The highest BCUT2D eigenvalue weighted by molar-refractivity contribution is 6.10. The molecule has 4 rings (SSSR count). The lowest BCUT2D eigenvalue weighted by molar-refractivity contribution is -0.170. The highest BCUT2D eigenvalue weighted by Crippen LogP contribution is 2.24. The number of alkyl carbamates (subject to hydrolysis) is 1. The number of alkyl halides is 2. The minimum absolute atomic E-state index is 0.0544. The third-order valence-corrected chi connectivity index (χ3v) is 7.56. The summed E-state index contributed by atoms with van der Waals surface area (Å²) in [5, 5.41) is 4.85. The summed E-state index contributed by atoms with van der Waals surface area (Å²) in [6.45, 7) is 3.49. The highest BCUT2D eigenvalue weighted by Gasteiger charge is 2.52. The number of morpholine rings is 1. The van der Waals surface area contributed by atoms with Crippen LogP contribution in [0.15, 0.2) is 84.9 Å². The van der Waals surface area contributed by atoms with Crippen molar-refractivity contribution in [2.45, 2.75) is 51.5 Å². The molecule has 2 atom stereocenters. The molecule has 0 aromatic heterocycles. The molecule has 250 valence electrons. The number of hydrogen-bond donors (Lipinski definition) is 2. The molecule has 0 spiro atoms. The zero-order chi connectivity index (χ0) is 33.8. The molecule has 12 heteroatoms. The van der Waals surface area contributed by atoms with E-state index in [0.717, 1.165) is 16.0 Å². The lowest BCUT2D eigenvalue weighted by Crippen LogP contribution is -2.60. The van der Waals surface area contributed by atoms with Crippen LogP contribution in [0.2, 0.25) is 0 Å². The molecule has 1 unspecified atom stereocenters. The molecule has 3 aromatic rings. The van der Waals surface area contributed by atoms with E-state index < -0.39 is 47.6 Å². The number of carbonyl (C=O) groups is 4. The van der Waals surface area contributed by atoms with Crippen LogP contribution >= 0.6 is 0 Å². The molecule has 0 radical (unpaired) electrons. The second kappa shape index (κ2) is 16.6. The van der Waals surface area contributed by atoms with Crippen molar-refractivity contribution in [3.05, 3.63) is 102 Å².